The van der Waals surface area contributed by atoms with Gasteiger partial charge in [-0.2, -0.15) is 5.10 Å². The third-order valence-electron chi connectivity index (χ3n) is 6.73. The molecule has 2 aromatic heterocycles. The highest BCUT2D eigenvalue weighted by Gasteiger charge is 2.26. The van der Waals surface area contributed by atoms with E-state index >= 15 is 0 Å². The minimum Gasteiger partial charge on any atom is -0.315 e. The lowest BCUT2D eigenvalue weighted by Crippen LogP contribution is -2.32. The van der Waals surface area contributed by atoms with Crippen molar-refractivity contribution in [1.29, 1.82) is 0 Å². The van der Waals surface area contributed by atoms with Gasteiger partial charge < -0.3 is 5.32 Å². The number of benzene rings is 1. The fourth-order valence-electron chi connectivity index (χ4n) is 4.56. The van der Waals surface area contributed by atoms with Crippen LogP contribution in [-0.4, -0.2) is 38.7 Å². The minimum absolute atomic E-state index is 0.316. The van der Waals surface area contributed by atoms with Gasteiger partial charge in [-0.05, 0) is 67.3 Å². The number of hydrogen-bond acceptors (Lipinski definition) is 4. The second-order valence-corrected chi connectivity index (χ2v) is 9.48. The predicted octanol–water partition coefficient (Wildman–Crippen LogP) is 4.04. The maximum atomic E-state index is 12.6. The first-order chi connectivity index (χ1) is 16.2. The number of carbonyl (C=O) groups excluding carboxylic acids is 1. The molecule has 0 saturated heterocycles. The van der Waals surface area contributed by atoms with Crippen LogP contribution in [0.5, 0.6) is 0 Å². The zero-order valence-electron chi connectivity index (χ0n) is 18.6. The third-order valence-corrected chi connectivity index (χ3v) is 6.73. The molecular formula is C27H27N5O. The first kappa shape index (κ1) is 20.2. The molecule has 3 aromatic rings. The molecule has 3 heterocycles. The average Bonchev–Trinajstić information content (AvgIpc) is 3.78. The van der Waals surface area contributed by atoms with Gasteiger partial charge in [-0.15, -0.1) is 0 Å². The lowest BCUT2D eigenvalue weighted by molar-refractivity contribution is -0.111. The van der Waals surface area contributed by atoms with E-state index in [1.54, 1.807) is 12.4 Å². The van der Waals surface area contributed by atoms with E-state index < -0.39 is 0 Å². The van der Waals surface area contributed by atoms with Gasteiger partial charge in [0.15, 0.2) is 0 Å². The lowest BCUT2D eigenvalue weighted by atomic mass is 9.99. The van der Waals surface area contributed by atoms with E-state index in [0.29, 0.717) is 6.04 Å². The second kappa shape index (κ2) is 8.49. The lowest BCUT2D eigenvalue weighted by Gasteiger charge is -2.29. The van der Waals surface area contributed by atoms with Crippen molar-refractivity contribution in [1.82, 2.24) is 19.7 Å². The summed E-state index contributed by atoms with van der Waals surface area (Å²) in [6, 6.07) is 8.68. The number of pyridine rings is 1. The van der Waals surface area contributed by atoms with E-state index in [0.717, 1.165) is 47.8 Å². The van der Waals surface area contributed by atoms with Gasteiger partial charge in [-0.1, -0.05) is 12.0 Å². The van der Waals surface area contributed by atoms with Gasteiger partial charge in [0, 0.05) is 61.0 Å². The molecule has 0 spiro atoms. The zero-order valence-corrected chi connectivity index (χ0v) is 18.6. The first-order valence-corrected chi connectivity index (χ1v) is 11.9. The van der Waals surface area contributed by atoms with Crippen LogP contribution in [0.4, 0.5) is 5.69 Å². The molecule has 6 rings (SSSR count). The summed E-state index contributed by atoms with van der Waals surface area (Å²) in [7, 11) is 0. The van der Waals surface area contributed by atoms with E-state index in [4.69, 9.17) is 0 Å². The van der Waals surface area contributed by atoms with Crippen LogP contribution in [0.15, 0.2) is 49.1 Å². The Morgan fingerprint density at radius 3 is 2.88 bits per heavy atom. The number of anilines is 1. The molecule has 0 unspecified atom stereocenters. The van der Waals surface area contributed by atoms with Crippen LogP contribution in [0, 0.1) is 17.8 Å². The summed E-state index contributed by atoms with van der Waals surface area (Å²) in [6.45, 7) is 3.30. The molecule has 33 heavy (non-hydrogen) atoms. The van der Waals surface area contributed by atoms with Crippen LogP contribution < -0.4 is 5.32 Å². The second-order valence-electron chi connectivity index (χ2n) is 9.48. The van der Waals surface area contributed by atoms with Crippen molar-refractivity contribution in [3.63, 3.8) is 0 Å². The summed E-state index contributed by atoms with van der Waals surface area (Å²) in [4.78, 5) is 19.3. The number of carbonyl (C=O) groups is 1. The van der Waals surface area contributed by atoms with Crippen molar-refractivity contribution < 1.29 is 4.79 Å². The molecule has 3 aliphatic rings. The van der Waals surface area contributed by atoms with Crippen LogP contribution in [0.1, 0.15) is 48.4 Å². The number of hydrogen-bond donors (Lipinski definition) is 1. The summed E-state index contributed by atoms with van der Waals surface area (Å²) < 4.78 is 2.02. The fraction of sp³-hybridized carbons (Fsp3) is 0.370. The smallest absolute Gasteiger partial charge is 0.300 e. The molecule has 0 atom stereocenters. The zero-order chi connectivity index (χ0) is 22.2. The van der Waals surface area contributed by atoms with E-state index in [1.807, 2.05) is 23.0 Å². The number of amides is 1. The number of aromatic nitrogens is 3. The molecule has 2 fully saturated rings. The summed E-state index contributed by atoms with van der Waals surface area (Å²) in [5, 5.41) is 7.42. The Balaban J connectivity index is 1.15. The van der Waals surface area contributed by atoms with Gasteiger partial charge in [0.2, 0.25) is 0 Å². The molecule has 2 saturated carbocycles. The molecule has 0 radical (unpaired) electrons. The van der Waals surface area contributed by atoms with Gasteiger partial charge in [0.05, 0.1) is 17.8 Å². The van der Waals surface area contributed by atoms with E-state index in [2.05, 4.69) is 50.5 Å². The van der Waals surface area contributed by atoms with Gasteiger partial charge in [-0.25, -0.2) is 0 Å². The van der Waals surface area contributed by atoms with Crippen molar-refractivity contribution in [2.45, 2.75) is 44.7 Å². The summed E-state index contributed by atoms with van der Waals surface area (Å²) in [6.07, 6.45) is 13.6. The Labute approximate surface area is 194 Å². The van der Waals surface area contributed by atoms with Crippen molar-refractivity contribution in [3.8, 4) is 23.0 Å². The largest absolute Gasteiger partial charge is 0.315 e. The molecular weight excluding hydrogens is 410 g/mol. The number of rotatable bonds is 5. The summed E-state index contributed by atoms with van der Waals surface area (Å²) in [5.74, 6) is 6.34. The molecule has 6 heteroatoms. The summed E-state index contributed by atoms with van der Waals surface area (Å²) >= 11 is 0. The molecule has 1 aromatic carbocycles. The molecule has 166 valence electrons. The molecule has 2 aliphatic carbocycles. The SMILES string of the molecule is O=C(C#Cc1cnccc1-c1cnn(C2CC2)c1)Nc1ccc2c(c1)CN(CC1CC1)CC2. The van der Waals surface area contributed by atoms with Crippen molar-refractivity contribution >= 4 is 11.6 Å². The number of nitrogens with zero attached hydrogens (tertiary/aromatic N) is 4. The Bertz CT molecular complexity index is 1260. The Hall–Kier alpha value is -3.43. The summed E-state index contributed by atoms with van der Waals surface area (Å²) in [5.41, 5.74) is 6.18. The average molecular weight is 438 g/mol. The highest BCUT2D eigenvalue weighted by atomic mass is 16.1. The maximum Gasteiger partial charge on any atom is 0.300 e. The molecule has 6 nitrogen and oxygen atoms in total. The minimum atomic E-state index is -0.316. The Morgan fingerprint density at radius 2 is 2.03 bits per heavy atom. The predicted molar refractivity (Wildman–Crippen MR) is 127 cm³/mol. The Morgan fingerprint density at radius 1 is 1.12 bits per heavy atom. The van der Waals surface area contributed by atoms with E-state index in [9.17, 15) is 4.79 Å². The third kappa shape index (κ3) is 4.69. The van der Waals surface area contributed by atoms with Crippen molar-refractivity contribution in [2.75, 3.05) is 18.4 Å². The van der Waals surface area contributed by atoms with E-state index in [-0.39, 0.29) is 5.91 Å². The topological polar surface area (TPSA) is 63.1 Å². The van der Waals surface area contributed by atoms with Crippen LogP contribution in [0.2, 0.25) is 0 Å². The number of fused-ring (bicyclic) bond motifs is 1. The van der Waals surface area contributed by atoms with E-state index in [1.165, 1.54) is 43.4 Å². The highest BCUT2D eigenvalue weighted by Crippen LogP contribution is 2.35. The van der Waals surface area contributed by atoms with Crippen LogP contribution in [-0.2, 0) is 17.8 Å². The van der Waals surface area contributed by atoms with Crippen LogP contribution >= 0.6 is 0 Å². The normalized spacial score (nSPS) is 17.7. The van der Waals surface area contributed by atoms with Crippen LogP contribution in [0.3, 0.4) is 0 Å². The Kier molecular flexibility index (Phi) is 5.20. The van der Waals surface area contributed by atoms with Crippen LogP contribution in [0.25, 0.3) is 11.1 Å². The first-order valence-electron chi connectivity index (χ1n) is 11.9. The standard InChI is InChI=1S/C27H27N5O/c33-27(30-24-5-3-20-10-12-31(16-19-1-2-19)17-22(20)13-24)8-4-21-14-28-11-9-26(21)23-15-29-32(18-23)25-6-7-25/h3,5,9,11,13-15,18-19,25H,1-2,6-7,10,12,16-17H2,(H,30,33). The quantitative estimate of drug-likeness (QED) is 0.612. The molecule has 1 N–H and O–H groups in total. The van der Waals surface area contributed by atoms with Crippen molar-refractivity contribution in [2.24, 2.45) is 5.92 Å². The molecule has 0 bridgehead atoms. The van der Waals surface area contributed by atoms with Gasteiger partial charge in [-0.3, -0.25) is 19.4 Å². The van der Waals surface area contributed by atoms with Gasteiger partial charge in [0.1, 0.15) is 0 Å². The maximum absolute atomic E-state index is 12.6. The fourth-order valence-corrected chi connectivity index (χ4v) is 4.56. The monoisotopic (exact) mass is 437 g/mol. The molecule has 1 amide bonds. The van der Waals surface area contributed by atoms with Gasteiger partial charge >= 0.3 is 5.91 Å². The molecule has 1 aliphatic heterocycles. The van der Waals surface area contributed by atoms with Crippen molar-refractivity contribution in [3.05, 3.63) is 65.7 Å². The number of nitrogens with one attached hydrogen (secondary N) is 1. The highest BCUT2D eigenvalue weighted by molar-refractivity contribution is 6.04. The van der Waals surface area contributed by atoms with Gasteiger partial charge in [0.25, 0.3) is 0 Å².